The van der Waals surface area contributed by atoms with Gasteiger partial charge in [-0.15, -0.1) is 0 Å². The van der Waals surface area contributed by atoms with E-state index in [4.69, 9.17) is 16.0 Å². The lowest BCUT2D eigenvalue weighted by atomic mass is 10.1. The fourth-order valence-corrected chi connectivity index (χ4v) is 2.37. The summed E-state index contributed by atoms with van der Waals surface area (Å²) < 4.78 is 71.8. The molecule has 140 valence electrons. The van der Waals surface area contributed by atoms with Crippen LogP contribution in [-0.4, -0.2) is 6.21 Å². The van der Waals surface area contributed by atoms with Gasteiger partial charge >= 0.3 is 0 Å². The highest BCUT2D eigenvalue weighted by Crippen LogP contribution is 2.28. The van der Waals surface area contributed by atoms with Gasteiger partial charge in [0.25, 0.3) is 0 Å². The molecule has 2 aromatic carbocycles. The van der Waals surface area contributed by atoms with Crippen LogP contribution in [0.4, 0.5) is 27.6 Å². The molecule has 0 amide bonds. The quantitative estimate of drug-likeness (QED) is 0.190. The molecule has 3 rings (SSSR count). The zero-order chi connectivity index (χ0) is 19.7. The van der Waals surface area contributed by atoms with E-state index in [1.54, 1.807) is 29.7 Å². The van der Waals surface area contributed by atoms with Crippen LogP contribution in [0.15, 0.2) is 39.9 Å². The molecule has 0 aliphatic rings. The highest BCUT2D eigenvalue weighted by atomic mass is 35.5. The molecule has 1 aromatic heterocycles. The number of hydrogen-bond donors (Lipinski definition) is 1. The van der Waals surface area contributed by atoms with Crippen molar-refractivity contribution in [3.63, 3.8) is 0 Å². The Hall–Kier alpha value is -2.87. The number of rotatable bonds is 4. The van der Waals surface area contributed by atoms with Gasteiger partial charge < -0.3 is 4.42 Å². The number of nitrogens with zero attached hydrogens (tertiary/aromatic N) is 1. The van der Waals surface area contributed by atoms with Gasteiger partial charge in [-0.25, -0.2) is 22.0 Å². The van der Waals surface area contributed by atoms with Gasteiger partial charge in [0.15, 0.2) is 23.3 Å². The summed E-state index contributed by atoms with van der Waals surface area (Å²) in [5, 5.41) is 4.00. The van der Waals surface area contributed by atoms with Crippen LogP contribution in [0.1, 0.15) is 11.3 Å². The van der Waals surface area contributed by atoms with Crippen molar-refractivity contribution in [2.45, 2.75) is 6.92 Å². The molecule has 3 nitrogen and oxygen atoms in total. The molecule has 9 heteroatoms. The van der Waals surface area contributed by atoms with Crippen molar-refractivity contribution in [2.24, 2.45) is 5.10 Å². The van der Waals surface area contributed by atoms with Crippen molar-refractivity contribution < 1.29 is 26.4 Å². The van der Waals surface area contributed by atoms with E-state index in [1.165, 1.54) is 6.07 Å². The lowest BCUT2D eigenvalue weighted by molar-refractivity contribution is 0.381. The Kier molecular flexibility index (Phi) is 5.18. The lowest BCUT2D eigenvalue weighted by Gasteiger charge is -2.06. The normalized spacial score (nSPS) is 11.4. The van der Waals surface area contributed by atoms with Crippen molar-refractivity contribution in [3.05, 3.63) is 75.8 Å². The number of aryl methyl sites for hydroxylation is 1. The molecule has 0 radical (unpaired) electrons. The molecule has 1 N–H and O–H groups in total. The molecule has 0 saturated carbocycles. The van der Waals surface area contributed by atoms with E-state index in [-0.39, 0.29) is 5.76 Å². The summed E-state index contributed by atoms with van der Waals surface area (Å²) in [5.74, 6) is -9.78. The van der Waals surface area contributed by atoms with E-state index >= 15 is 0 Å². The van der Waals surface area contributed by atoms with Crippen LogP contribution in [0.2, 0.25) is 5.02 Å². The number of furan rings is 1. The second-order valence-electron chi connectivity index (χ2n) is 5.48. The molecule has 0 atom stereocenters. The van der Waals surface area contributed by atoms with Gasteiger partial charge in [-0.2, -0.15) is 5.10 Å². The maximum atomic E-state index is 13.5. The van der Waals surface area contributed by atoms with Crippen LogP contribution in [0.5, 0.6) is 0 Å². The largest absolute Gasteiger partial charge is 0.455 e. The minimum Gasteiger partial charge on any atom is -0.455 e. The summed E-state index contributed by atoms with van der Waals surface area (Å²) >= 11 is 6.05. The first kappa shape index (κ1) is 18.9. The van der Waals surface area contributed by atoms with E-state index in [2.05, 4.69) is 5.10 Å². The van der Waals surface area contributed by atoms with Gasteiger partial charge in [-0.05, 0) is 30.7 Å². The van der Waals surface area contributed by atoms with Crippen LogP contribution >= 0.6 is 11.6 Å². The third kappa shape index (κ3) is 3.66. The standard InChI is InChI=1S/C18H10ClF5N2O/c1-8-2-3-9(6-11(8)19)12-5-4-10(27-12)7-25-26-18-16(23)14(21)13(20)15(22)17(18)24/h2-7,26H,1H3/b25-7-. The predicted octanol–water partition coefficient (Wildman–Crippen LogP) is 6.05. The Bertz CT molecular complexity index is 1020. The van der Waals surface area contributed by atoms with Gasteiger partial charge in [-0.3, -0.25) is 5.43 Å². The third-order valence-corrected chi connectivity index (χ3v) is 4.07. The molecule has 3 aromatic rings. The van der Waals surface area contributed by atoms with Crippen LogP contribution in [-0.2, 0) is 0 Å². The number of halogens is 6. The maximum Gasteiger partial charge on any atom is 0.200 e. The van der Waals surface area contributed by atoms with Gasteiger partial charge in [0.05, 0.1) is 6.21 Å². The van der Waals surface area contributed by atoms with E-state index in [9.17, 15) is 22.0 Å². The smallest absolute Gasteiger partial charge is 0.200 e. The summed E-state index contributed by atoms with van der Waals surface area (Å²) in [6.45, 7) is 1.84. The predicted molar refractivity (Wildman–Crippen MR) is 91.3 cm³/mol. The minimum atomic E-state index is -2.24. The molecule has 1 heterocycles. The van der Waals surface area contributed by atoms with Crippen LogP contribution in [0.25, 0.3) is 11.3 Å². The topological polar surface area (TPSA) is 37.5 Å². The Morgan fingerprint density at radius 2 is 1.56 bits per heavy atom. The fourth-order valence-electron chi connectivity index (χ4n) is 2.19. The second-order valence-corrected chi connectivity index (χ2v) is 5.89. The van der Waals surface area contributed by atoms with E-state index in [0.717, 1.165) is 11.8 Å². The zero-order valence-electron chi connectivity index (χ0n) is 13.6. The minimum absolute atomic E-state index is 0.179. The first-order valence-electron chi connectivity index (χ1n) is 7.46. The second kappa shape index (κ2) is 7.40. The Balaban J connectivity index is 1.81. The Morgan fingerprint density at radius 1 is 0.926 bits per heavy atom. The number of hydrazone groups is 1. The highest BCUT2D eigenvalue weighted by molar-refractivity contribution is 6.31. The van der Waals surface area contributed by atoms with Gasteiger partial charge in [0, 0.05) is 10.6 Å². The summed E-state index contributed by atoms with van der Waals surface area (Å²) in [4.78, 5) is 0. The van der Waals surface area contributed by atoms with Crippen molar-refractivity contribution in [1.82, 2.24) is 0 Å². The van der Waals surface area contributed by atoms with E-state index < -0.39 is 34.8 Å². The average molecular weight is 401 g/mol. The Morgan fingerprint density at radius 3 is 2.19 bits per heavy atom. The van der Waals surface area contributed by atoms with E-state index in [0.29, 0.717) is 16.3 Å². The number of benzene rings is 2. The average Bonchev–Trinajstić information content (AvgIpc) is 3.12. The number of hydrogen-bond acceptors (Lipinski definition) is 3. The van der Waals surface area contributed by atoms with Crippen LogP contribution < -0.4 is 5.43 Å². The summed E-state index contributed by atoms with van der Waals surface area (Å²) in [6.07, 6.45) is 1.03. The molecule has 0 fully saturated rings. The first-order valence-corrected chi connectivity index (χ1v) is 7.84. The number of nitrogens with one attached hydrogen (secondary N) is 1. The summed E-state index contributed by atoms with van der Waals surface area (Å²) in [5.41, 5.74) is 2.11. The van der Waals surface area contributed by atoms with Crippen molar-refractivity contribution in [3.8, 4) is 11.3 Å². The van der Waals surface area contributed by atoms with Crippen LogP contribution in [0.3, 0.4) is 0 Å². The third-order valence-electron chi connectivity index (χ3n) is 3.66. The molecule has 0 aliphatic heterocycles. The van der Waals surface area contributed by atoms with Gasteiger partial charge in [-0.1, -0.05) is 23.7 Å². The fraction of sp³-hybridized carbons (Fsp3) is 0.0556. The van der Waals surface area contributed by atoms with Gasteiger partial charge in [0.2, 0.25) is 5.82 Å². The molecule has 0 aliphatic carbocycles. The molecule has 0 spiro atoms. The molecule has 0 saturated heterocycles. The molecule has 27 heavy (non-hydrogen) atoms. The molecule has 0 bridgehead atoms. The summed E-state index contributed by atoms with van der Waals surface area (Å²) in [7, 11) is 0. The highest BCUT2D eigenvalue weighted by Gasteiger charge is 2.25. The zero-order valence-corrected chi connectivity index (χ0v) is 14.3. The van der Waals surface area contributed by atoms with Crippen LogP contribution in [0, 0.1) is 36.0 Å². The van der Waals surface area contributed by atoms with Crippen molar-refractivity contribution in [1.29, 1.82) is 0 Å². The van der Waals surface area contributed by atoms with Crippen molar-refractivity contribution >= 4 is 23.5 Å². The maximum absolute atomic E-state index is 13.5. The van der Waals surface area contributed by atoms with Crippen molar-refractivity contribution in [2.75, 3.05) is 5.43 Å². The molecular weight excluding hydrogens is 391 g/mol. The van der Waals surface area contributed by atoms with Gasteiger partial charge in [0.1, 0.15) is 17.2 Å². The SMILES string of the molecule is Cc1ccc(-c2ccc(/C=N\Nc3c(F)c(F)c(F)c(F)c3F)o2)cc1Cl. The van der Waals surface area contributed by atoms with E-state index in [1.807, 2.05) is 6.92 Å². The Labute approximate surface area is 155 Å². The number of anilines is 1. The monoisotopic (exact) mass is 400 g/mol. The molecule has 0 unspecified atom stereocenters. The summed E-state index contributed by atoms with van der Waals surface area (Å²) in [6, 6.07) is 8.41. The first-order chi connectivity index (χ1) is 12.8. The molecular formula is C18H10ClF5N2O. The lowest BCUT2D eigenvalue weighted by Crippen LogP contribution is -2.06.